The number of halogens is 1. The van der Waals surface area contributed by atoms with Gasteiger partial charge >= 0.3 is 0 Å². The number of methoxy groups -OCH3 is 1. The molecule has 0 aliphatic carbocycles. The second-order valence-corrected chi connectivity index (χ2v) is 4.84. The number of carbonyl (C=O) groups is 1. The van der Waals surface area contributed by atoms with Crippen LogP contribution >= 0.6 is 11.6 Å². The Morgan fingerprint density at radius 2 is 1.90 bits per heavy atom. The largest absolute Gasteiger partial charge is 0.497 e. The number of rotatable bonds is 5. The third-order valence-electron chi connectivity index (χ3n) is 2.94. The summed E-state index contributed by atoms with van der Waals surface area (Å²) in [6.07, 6.45) is 0.140. The van der Waals surface area contributed by atoms with Crippen molar-refractivity contribution in [2.75, 3.05) is 7.11 Å². The maximum atomic E-state index is 12.2. The number of ether oxygens (including phenoxy) is 1. The molecule has 5 nitrogen and oxygen atoms in total. The van der Waals surface area contributed by atoms with E-state index in [-0.39, 0.29) is 28.5 Å². The second kappa shape index (κ2) is 6.37. The first-order valence-electron chi connectivity index (χ1n) is 6.10. The van der Waals surface area contributed by atoms with Gasteiger partial charge in [0, 0.05) is 29.1 Å². The van der Waals surface area contributed by atoms with Gasteiger partial charge in [-0.25, -0.2) is 0 Å². The number of nitrogens with zero attached hydrogens (tertiary/aromatic N) is 1. The van der Waals surface area contributed by atoms with E-state index in [0.717, 1.165) is 5.56 Å². The summed E-state index contributed by atoms with van der Waals surface area (Å²) in [7, 11) is 1.56. The number of nitro groups is 1. The highest BCUT2D eigenvalue weighted by molar-refractivity contribution is 6.31. The van der Waals surface area contributed by atoms with Crippen molar-refractivity contribution in [2.24, 2.45) is 0 Å². The van der Waals surface area contributed by atoms with Crippen molar-refractivity contribution < 1.29 is 14.5 Å². The minimum Gasteiger partial charge on any atom is -0.497 e. The summed E-state index contributed by atoms with van der Waals surface area (Å²) in [5, 5.41) is 10.9. The molecule has 2 aromatic carbocycles. The molecule has 0 radical (unpaired) electrons. The Kier molecular flexibility index (Phi) is 4.55. The maximum absolute atomic E-state index is 12.2. The molecule has 0 N–H and O–H groups in total. The van der Waals surface area contributed by atoms with Crippen LogP contribution in [-0.4, -0.2) is 17.8 Å². The van der Waals surface area contributed by atoms with Gasteiger partial charge in [0.05, 0.1) is 12.0 Å². The van der Waals surface area contributed by atoms with Crippen LogP contribution in [0.15, 0.2) is 42.5 Å². The van der Waals surface area contributed by atoms with E-state index in [0.29, 0.717) is 5.75 Å². The van der Waals surface area contributed by atoms with Gasteiger partial charge in [0.1, 0.15) is 5.75 Å². The van der Waals surface area contributed by atoms with E-state index >= 15 is 0 Å². The SMILES string of the molecule is COc1ccc(CC(=O)c2cc(Cl)cc([N+](=O)[O-])c2)cc1. The van der Waals surface area contributed by atoms with E-state index in [1.807, 2.05) is 0 Å². The van der Waals surface area contributed by atoms with Gasteiger partial charge in [0.15, 0.2) is 5.78 Å². The summed E-state index contributed by atoms with van der Waals surface area (Å²) in [4.78, 5) is 22.4. The van der Waals surface area contributed by atoms with E-state index in [2.05, 4.69) is 0 Å². The Morgan fingerprint density at radius 3 is 2.48 bits per heavy atom. The van der Waals surface area contributed by atoms with Crippen LogP contribution in [0.25, 0.3) is 0 Å². The molecule has 2 rings (SSSR count). The van der Waals surface area contributed by atoms with E-state index in [1.54, 1.807) is 31.4 Å². The lowest BCUT2D eigenvalue weighted by molar-refractivity contribution is -0.384. The molecule has 21 heavy (non-hydrogen) atoms. The quantitative estimate of drug-likeness (QED) is 0.480. The number of nitro benzene ring substituents is 1. The first kappa shape index (κ1) is 15.0. The van der Waals surface area contributed by atoms with Crippen molar-refractivity contribution >= 4 is 23.1 Å². The summed E-state index contributed by atoms with van der Waals surface area (Å²) in [5.41, 5.74) is 0.828. The van der Waals surface area contributed by atoms with Gasteiger partial charge in [-0.2, -0.15) is 0 Å². The fraction of sp³-hybridized carbons (Fsp3) is 0.133. The smallest absolute Gasteiger partial charge is 0.271 e. The molecule has 0 fully saturated rings. The standard InChI is InChI=1S/C15H12ClNO4/c1-21-14-4-2-10(3-5-14)6-15(18)11-7-12(16)9-13(8-11)17(19)20/h2-5,7-9H,6H2,1H3. The number of Topliss-reactive ketones (excluding diaryl/α,β-unsaturated/α-hetero) is 1. The third-order valence-corrected chi connectivity index (χ3v) is 3.16. The molecular weight excluding hydrogens is 294 g/mol. The van der Waals surface area contributed by atoms with Crippen LogP contribution in [0.3, 0.4) is 0 Å². The average Bonchev–Trinajstić information content (AvgIpc) is 2.47. The molecule has 0 saturated heterocycles. The first-order valence-corrected chi connectivity index (χ1v) is 6.48. The van der Waals surface area contributed by atoms with Crippen molar-refractivity contribution in [3.05, 3.63) is 68.7 Å². The van der Waals surface area contributed by atoms with E-state index in [9.17, 15) is 14.9 Å². The summed E-state index contributed by atoms with van der Waals surface area (Å²) < 4.78 is 5.04. The zero-order chi connectivity index (χ0) is 15.4. The Labute approximate surface area is 126 Å². The predicted octanol–water partition coefficient (Wildman–Crippen LogP) is 3.68. The van der Waals surface area contributed by atoms with Crippen LogP contribution in [0.1, 0.15) is 15.9 Å². The fourth-order valence-electron chi connectivity index (χ4n) is 1.87. The van der Waals surface area contributed by atoms with Gasteiger partial charge in [0.2, 0.25) is 0 Å². The van der Waals surface area contributed by atoms with Crippen molar-refractivity contribution in [1.82, 2.24) is 0 Å². The number of hydrogen-bond donors (Lipinski definition) is 0. The molecule has 0 atom stereocenters. The summed E-state index contributed by atoms with van der Waals surface area (Å²) in [6.45, 7) is 0. The lowest BCUT2D eigenvalue weighted by Gasteiger charge is -2.04. The summed E-state index contributed by atoms with van der Waals surface area (Å²) >= 11 is 5.81. The number of hydrogen-bond acceptors (Lipinski definition) is 4. The highest BCUT2D eigenvalue weighted by Crippen LogP contribution is 2.22. The monoisotopic (exact) mass is 305 g/mol. The first-order chi connectivity index (χ1) is 9.99. The van der Waals surface area contributed by atoms with Crippen LogP contribution < -0.4 is 4.74 Å². The molecule has 0 heterocycles. The van der Waals surface area contributed by atoms with Gasteiger partial charge in [-0.1, -0.05) is 23.7 Å². The number of ketones is 1. The number of non-ortho nitro benzene ring substituents is 1. The highest BCUT2D eigenvalue weighted by atomic mass is 35.5. The molecule has 0 aromatic heterocycles. The van der Waals surface area contributed by atoms with Crippen molar-refractivity contribution in [2.45, 2.75) is 6.42 Å². The van der Waals surface area contributed by atoms with Gasteiger partial charge in [-0.15, -0.1) is 0 Å². The molecule has 0 spiro atoms. The Morgan fingerprint density at radius 1 is 1.24 bits per heavy atom. The van der Waals surface area contributed by atoms with Crippen LogP contribution in [0.2, 0.25) is 5.02 Å². The van der Waals surface area contributed by atoms with Gasteiger partial charge in [-0.3, -0.25) is 14.9 Å². The Bertz CT molecular complexity index is 683. The van der Waals surface area contributed by atoms with E-state index < -0.39 is 4.92 Å². The zero-order valence-corrected chi connectivity index (χ0v) is 12.0. The van der Waals surface area contributed by atoms with Crippen LogP contribution in [0.4, 0.5) is 5.69 Å². The molecule has 0 unspecified atom stereocenters. The molecule has 0 bridgehead atoms. The molecule has 0 aliphatic rings. The van der Waals surface area contributed by atoms with E-state index in [4.69, 9.17) is 16.3 Å². The number of carbonyl (C=O) groups excluding carboxylic acids is 1. The van der Waals surface area contributed by atoms with Gasteiger partial charge < -0.3 is 4.74 Å². The normalized spacial score (nSPS) is 10.2. The second-order valence-electron chi connectivity index (χ2n) is 4.40. The third kappa shape index (κ3) is 3.79. The Hall–Kier alpha value is -2.40. The van der Waals surface area contributed by atoms with Crippen LogP contribution in [0.5, 0.6) is 5.75 Å². The summed E-state index contributed by atoms with van der Waals surface area (Å²) in [5.74, 6) is 0.468. The average molecular weight is 306 g/mol. The molecule has 108 valence electrons. The fourth-order valence-corrected chi connectivity index (χ4v) is 2.10. The molecular formula is C15H12ClNO4. The Balaban J connectivity index is 2.21. The molecule has 0 saturated carbocycles. The zero-order valence-electron chi connectivity index (χ0n) is 11.2. The lowest BCUT2D eigenvalue weighted by Crippen LogP contribution is -2.04. The van der Waals surface area contributed by atoms with Gasteiger partial charge in [-0.05, 0) is 23.8 Å². The van der Waals surface area contributed by atoms with E-state index in [1.165, 1.54) is 18.2 Å². The van der Waals surface area contributed by atoms with Crippen molar-refractivity contribution in [3.63, 3.8) is 0 Å². The van der Waals surface area contributed by atoms with Gasteiger partial charge in [0.25, 0.3) is 5.69 Å². The number of benzene rings is 2. The maximum Gasteiger partial charge on any atom is 0.271 e. The lowest BCUT2D eigenvalue weighted by atomic mass is 10.0. The predicted molar refractivity (Wildman–Crippen MR) is 79.1 cm³/mol. The van der Waals surface area contributed by atoms with Crippen LogP contribution in [0, 0.1) is 10.1 Å². The minimum absolute atomic E-state index is 0.140. The highest BCUT2D eigenvalue weighted by Gasteiger charge is 2.14. The van der Waals surface area contributed by atoms with Crippen LogP contribution in [-0.2, 0) is 6.42 Å². The molecule has 0 amide bonds. The molecule has 0 aliphatic heterocycles. The summed E-state index contributed by atoms with van der Waals surface area (Å²) in [6, 6.07) is 10.9. The van der Waals surface area contributed by atoms with Crippen molar-refractivity contribution in [1.29, 1.82) is 0 Å². The van der Waals surface area contributed by atoms with Crippen molar-refractivity contribution in [3.8, 4) is 5.75 Å². The molecule has 6 heteroatoms. The molecule has 2 aromatic rings. The topological polar surface area (TPSA) is 69.4 Å². The minimum atomic E-state index is -0.573.